The summed E-state index contributed by atoms with van der Waals surface area (Å²) in [7, 11) is 0. The van der Waals surface area contributed by atoms with Crippen molar-refractivity contribution in [2.75, 3.05) is 18.5 Å². The molecule has 2 unspecified atom stereocenters. The number of ether oxygens (including phenoxy) is 8. The van der Waals surface area contributed by atoms with Crippen LogP contribution in [0.25, 0.3) is 0 Å². The molecule has 0 aromatic heterocycles. The second-order valence-electron chi connectivity index (χ2n) is 11.4. The molecular formula is C35H39NO16. The first-order valence-corrected chi connectivity index (χ1v) is 15.8. The number of anilines is 1. The van der Waals surface area contributed by atoms with Gasteiger partial charge in [-0.25, -0.2) is 4.79 Å². The van der Waals surface area contributed by atoms with E-state index in [1.807, 2.05) is 0 Å². The predicted octanol–water partition coefficient (Wildman–Crippen LogP) is 2.21. The van der Waals surface area contributed by atoms with Gasteiger partial charge in [-0.2, -0.15) is 0 Å². The molecule has 1 heterocycles. The molecule has 0 spiro atoms. The first-order chi connectivity index (χ1) is 24.5. The van der Waals surface area contributed by atoms with Crippen molar-refractivity contribution in [3.8, 4) is 5.75 Å². The van der Waals surface area contributed by atoms with Crippen LogP contribution in [0.5, 0.6) is 5.75 Å². The molecule has 2 aromatic rings. The maximum absolute atomic E-state index is 14.0. The normalized spacial score (nSPS) is 19.8. The summed E-state index contributed by atoms with van der Waals surface area (Å²) in [5, 5.41) is 2.57. The summed E-state index contributed by atoms with van der Waals surface area (Å²) in [6, 6.07) is 12.5. The molecule has 52 heavy (non-hydrogen) atoms. The van der Waals surface area contributed by atoms with E-state index in [-0.39, 0.29) is 23.6 Å². The fourth-order valence-electron chi connectivity index (χ4n) is 5.16. The number of nitrogens with one attached hydrogen (secondary N) is 1. The van der Waals surface area contributed by atoms with Crippen molar-refractivity contribution in [3.63, 3.8) is 0 Å². The van der Waals surface area contributed by atoms with Crippen LogP contribution in [0.3, 0.4) is 0 Å². The van der Waals surface area contributed by atoms with Crippen LogP contribution in [-0.2, 0) is 73.3 Å². The monoisotopic (exact) mass is 729 g/mol. The Hall–Kier alpha value is -5.84. The molecule has 0 radical (unpaired) electrons. The second-order valence-corrected chi connectivity index (χ2v) is 11.4. The van der Waals surface area contributed by atoms with Crippen molar-refractivity contribution in [2.24, 2.45) is 5.92 Å². The van der Waals surface area contributed by atoms with E-state index in [0.717, 1.165) is 41.5 Å². The standard InChI is InChI=1S/C35H39NO16/c1-18(37)45-16-27(30-32(50-22(5)41)33(51-23(6)42)31(49-21(4)40)29(52-30)17-46-19(2)38)34(43)36-25-12-13-26(28(14-25)48-20(3)39)35(44)47-15-24-10-8-7-9-11-24/h7-14,27,29-33H,15-17H2,1-6H3,(H,36,43)/t27?,29-,30?,31-,32+,33+/m1/s1. The average Bonchev–Trinajstić information content (AvgIpc) is 3.04. The SMILES string of the molecule is CC(=O)OCC(C(=O)Nc1ccc(C(=O)OCc2ccccc2)c(OC(C)=O)c1)C1O[C@H](COC(C)=O)[C@@H](OC(C)=O)[C@H](OC(C)=O)[C@H]1OC(C)=O. The Kier molecular flexibility index (Phi) is 14.8. The summed E-state index contributed by atoms with van der Waals surface area (Å²) in [6.45, 7) is 5.05. The van der Waals surface area contributed by atoms with Crippen molar-refractivity contribution >= 4 is 53.4 Å². The molecule has 0 aliphatic carbocycles. The molecule has 3 rings (SSSR count). The molecule has 6 atom stereocenters. The third kappa shape index (κ3) is 12.2. The second kappa shape index (κ2) is 19.0. The highest BCUT2D eigenvalue weighted by Gasteiger charge is 2.55. The summed E-state index contributed by atoms with van der Waals surface area (Å²) < 4.78 is 43.3. The summed E-state index contributed by atoms with van der Waals surface area (Å²) in [6.07, 6.45) is -7.74. The topological polar surface area (TPSA) is 222 Å². The summed E-state index contributed by atoms with van der Waals surface area (Å²) in [5.74, 6) is -8.58. The number of hydrogen-bond donors (Lipinski definition) is 1. The van der Waals surface area contributed by atoms with Crippen molar-refractivity contribution in [2.45, 2.75) is 78.7 Å². The first-order valence-electron chi connectivity index (χ1n) is 15.8. The van der Waals surface area contributed by atoms with Gasteiger partial charge in [-0.1, -0.05) is 30.3 Å². The minimum Gasteiger partial charge on any atom is -0.465 e. The van der Waals surface area contributed by atoms with Crippen molar-refractivity contribution in [1.29, 1.82) is 0 Å². The van der Waals surface area contributed by atoms with Crippen LogP contribution in [0, 0.1) is 5.92 Å². The average molecular weight is 730 g/mol. The molecule has 2 aromatic carbocycles. The summed E-state index contributed by atoms with van der Waals surface area (Å²) in [4.78, 5) is 99.3. The number of amides is 1. The molecule has 0 bridgehead atoms. The fraction of sp³-hybridized carbons (Fsp3) is 0.429. The molecule has 1 N–H and O–H groups in total. The number of rotatable bonds is 14. The number of carbonyl (C=O) groups is 8. The van der Waals surface area contributed by atoms with E-state index in [0.29, 0.717) is 5.56 Å². The van der Waals surface area contributed by atoms with Gasteiger partial charge in [-0.3, -0.25) is 33.6 Å². The number of esters is 7. The zero-order chi connectivity index (χ0) is 38.5. The van der Waals surface area contributed by atoms with E-state index >= 15 is 0 Å². The number of benzene rings is 2. The minimum absolute atomic E-state index is 0.0145. The Bertz CT molecular complexity index is 1660. The van der Waals surface area contributed by atoms with E-state index < -0.39 is 97.3 Å². The van der Waals surface area contributed by atoms with Gasteiger partial charge in [-0.05, 0) is 17.7 Å². The lowest BCUT2D eigenvalue weighted by molar-refractivity contribution is -0.261. The van der Waals surface area contributed by atoms with E-state index in [1.165, 1.54) is 18.2 Å². The first kappa shape index (κ1) is 40.6. The van der Waals surface area contributed by atoms with Crippen LogP contribution >= 0.6 is 0 Å². The third-order valence-corrected chi connectivity index (χ3v) is 7.16. The molecule has 1 aliphatic rings. The molecule has 17 heteroatoms. The maximum atomic E-state index is 14.0. The summed E-state index contributed by atoms with van der Waals surface area (Å²) >= 11 is 0. The quantitative estimate of drug-likeness (QED) is 0.167. The van der Waals surface area contributed by atoms with Crippen LogP contribution < -0.4 is 10.1 Å². The van der Waals surface area contributed by atoms with Crippen molar-refractivity contribution in [1.82, 2.24) is 0 Å². The van der Waals surface area contributed by atoms with Crippen LogP contribution in [0.15, 0.2) is 48.5 Å². The molecule has 1 saturated heterocycles. The molecule has 1 amide bonds. The number of carbonyl (C=O) groups excluding carboxylic acids is 8. The Balaban J connectivity index is 2.03. The zero-order valence-electron chi connectivity index (χ0n) is 29.2. The smallest absolute Gasteiger partial charge is 0.342 e. The van der Waals surface area contributed by atoms with Gasteiger partial charge in [0, 0.05) is 53.3 Å². The largest absolute Gasteiger partial charge is 0.465 e. The van der Waals surface area contributed by atoms with Gasteiger partial charge < -0.3 is 43.2 Å². The van der Waals surface area contributed by atoms with Crippen molar-refractivity contribution < 1.29 is 76.3 Å². The highest BCUT2D eigenvalue weighted by molar-refractivity contribution is 5.97. The summed E-state index contributed by atoms with van der Waals surface area (Å²) in [5.41, 5.74) is 0.550. The number of hydrogen-bond acceptors (Lipinski definition) is 16. The highest BCUT2D eigenvalue weighted by Crippen LogP contribution is 2.34. The van der Waals surface area contributed by atoms with E-state index in [2.05, 4.69) is 5.32 Å². The lowest BCUT2D eigenvalue weighted by Crippen LogP contribution is -2.65. The Morgan fingerprint density at radius 3 is 1.85 bits per heavy atom. The molecule has 0 saturated carbocycles. The predicted molar refractivity (Wildman–Crippen MR) is 174 cm³/mol. The Morgan fingerprint density at radius 1 is 0.673 bits per heavy atom. The van der Waals surface area contributed by atoms with Crippen LogP contribution in [0.1, 0.15) is 57.5 Å². The van der Waals surface area contributed by atoms with Crippen molar-refractivity contribution in [3.05, 3.63) is 59.7 Å². The lowest BCUT2D eigenvalue weighted by Gasteiger charge is -2.46. The molecule has 1 aliphatic heterocycles. The molecular weight excluding hydrogens is 690 g/mol. The molecule has 17 nitrogen and oxygen atoms in total. The minimum atomic E-state index is -1.65. The van der Waals surface area contributed by atoms with Gasteiger partial charge in [0.05, 0.1) is 0 Å². The van der Waals surface area contributed by atoms with Gasteiger partial charge in [0.25, 0.3) is 0 Å². The van der Waals surface area contributed by atoms with Crippen LogP contribution in [0.2, 0.25) is 0 Å². The zero-order valence-corrected chi connectivity index (χ0v) is 29.2. The van der Waals surface area contributed by atoms with Gasteiger partial charge in [0.1, 0.15) is 49.3 Å². The maximum Gasteiger partial charge on any atom is 0.342 e. The fourth-order valence-corrected chi connectivity index (χ4v) is 5.16. The van der Waals surface area contributed by atoms with Gasteiger partial charge in [0.2, 0.25) is 5.91 Å². The Labute approximate surface area is 298 Å². The Morgan fingerprint density at radius 2 is 1.27 bits per heavy atom. The highest BCUT2D eigenvalue weighted by atomic mass is 16.7. The van der Waals surface area contributed by atoms with Crippen LogP contribution in [0.4, 0.5) is 5.69 Å². The molecule has 1 fully saturated rings. The van der Waals surface area contributed by atoms with E-state index in [4.69, 9.17) is 37.9 Å². The van der Waals surface area contributed by atoms with Crippen LogP contribution in [-0.4, -0.2) is 91.4 Å². The lowest BCUT2D eigenvalue weighted by atomic mass is 9.86. The van der Waals surface area contributed by atoms with Gasteiger partial charge in [0.15, 0.2) is 18.3 Å². The van der Waals surface area contributed by atoms with E-state index in [9.17, 15) is 38.4 Å². The van der Waals surface area contributed by atoms with Gasteiger partial charge in [-0.15, -0.1) is 0 Å². The van der Waals surface area contributed by atoms with E-state index in [1.54, 1.807) is 30.3 Å². The third-order valence-electron chi connectivity index (χ3n) is 7.16. The van der Waals surface area contributed by atoms with Gasteiger partial charge >= 0.3 is 41.8 Å². The molecule has 280 valence electrons.